The normalized spacial score (nSPS) is 11.6. The molecule has 0 fully saturated rings. The third kappa shape index (κ3) is 5.06. The maximum absolute atomic E-state index is 13.5. The summed E-state index contributed by atoms with van der Waals surface area (Å²) in [6.07, 6.45) is -0.0277. The van der Waals surface area contributed by atoms with E-state index in [2.05, 4.69) is 26.6 Å². The second kappa shape index (κ2) is 7.92. The number of hydrogen-bond acceptors (Lipinski definition) is 2. The molecule has 126 valence electrons. The molecule has 7 heteroatoms. The number of carbonyl (C=O) groups is 2. The number of halogens is 2. The number of rotatable bonds is 5. The predicted octanol–water partition coefficient (Wildman–Crippen LogP) is 3.63. The lowest BCUT2D eigenvalue weighted by atomic mass is 10.0. The molecule has 0 aromatic heterocycles. The Morgan fingerprint density at radius 2 is 1.88 bits per heavy atom. The molecule has 0 aliphatic rings. The van der Waals surface area contributed by atoms with Crippen LogP contribution in [0.4, 0.5) is 14.9 Å². The maximum atomic E-state index is 13.5. The summed E-state index contributed by atoms with van der Waals surface area (Å²) in [5, 5.41) is 5.16. The van der Waals surface area contributed by atoms with Gasteiger partial charge in [0.15, 0.2) is 0 Å². The fourth-order valence-electron chi connectivity index (χ4n) is 2.19. The summed E-state index contributed by atoms with van der Waals surface area (Å²) in [6.45, 7) is 1.64. The summed E-state index contributed by atoms with van der Waals surface area (Å²) in [4.78, 5) is 23.4. The number of carbonyl (C=O) groups excluding carboxylic acids is 2. The van der Waals surface area contributed by atoms with Gasteiger partial charge in [-0.15, -0.1) is 0 Å². The number of benzene rings is 2. The van der Waals surface area contributed by atoms with Crippen LogP contribution in [0.5, 0.6) is 0 Å². The first kappa shape index (κ1) is 17.9. The number of hydrogen-bond donors (Lipinski definition) is 3. The van der Waals surface area contributed by atoms with Gasteiger partial charge in [-0.05, 0) is 42.3 Å². The molecule has 0 unspecified atom stereocenters. The predicted molar refractivity (Wildman–Crippen MR) is 94.0 cm³/mol. The Balaban J connectivity index is 2.10. The summed E-state index contributed by atoms with van der Waals surface area (Å²) in [7, 11) is 0. The van der Waals surface area contributed by atoms with Crippen LogP contribution in [0.1, 0.15) is 23.6 Å². The minimum atomic E-state index is -0.725. The Morgan fingerprint density at radius 1 is 1.21 bits per heavy atom. The largest absolute Gasteiger partial charge is 0.352 e. The van der Waals surface area contributed by atoms with Crippen molar-refractivity contribution in [3.8, 4) is 0 Å². The number of aryl methyl sites for hydroxylation is 1. The van der Waals surface area contributed by atoms with Crippen LogP contribution in [0.15, 0.2) is 46.9 Å². The smallest absolute Gasteiger partial charge is 0.312 e. The first-order chi connectivity index (χ1) is 11.3. The van der Waals surface area contributed by atoms with Crippen LogP contribution >= 0.6 is 15.9 Å². The van der Waals surface area contributed by atoms with Gasteiger partial charge in [-0.2, -0.15) is 0 Å². The lowest BCUT2D eigenvalue weighted by Crippen LogP contribution is -2.35. The zero-order valence-electron chi connectivity index (χ0n) is 13.0. The quantitative estimate of drug-likeness (QED) is 0.724. The molecule has 24 heavy (non-hydrogen) atoms. The van der Waals surface area contributed by atoms with Gasteiger partial charge in [-0.25, -0.2) is 9.18 Å². The minimum Gasteiger partial charge on any atom is -0.352 e. The SMILES string of the molecule is Cc1ccc(NC(=O)C[C@H](NC(N)=O)c2ccc(Br)cc2)cc1F. The fraction of sp³-hybridized carbons (Fsp3) is 0.176. The topological polar surface area (TPSA) is 84.2 Å². The lowest BCUT2D eigenvalue weighted by molar-refractivity contribution is -0.116. The molecule has 0 saturated heterocycles. The zero-order valence-corrected chi connectivity index (χ0v) is 14.6. The van der Waals surface area contributed by atoms with Crippen molar-refractivity contribution >= 4 is 33.6 Å². The van der Waals surface area contributed by atoms with E-state index in [0.717, 1.165) is 10.0 Å². The molecule has 2 aromatic carbocycles. The van der Waals surface area contributed by atoms with Crippen molar-refractivity contribution in [3.63, 3.8) is 0 Å². The van der Waals surface area contributed by atoms with Gasteiger partial charge >= 0.3 is 6.03 Å². The number of nitrogens with two attached hydrogens (primary N) is 1. The standard InChI is InChI=1S/C17H17BrFN3O2/c1-10-2-7-13(8-14(10)19)21-16(23)9-15(22-17(20)24)11-3-5-12(18)6-4-11/h2-8,15H,9H2,1H3,(H,21,23)(H3,20,22,24)/t15-/m0/s1. The van der Waals surface area contributed by atoms with Crippen LogP contribution in [0, 0.1) is 12.7 Å². The van der Waals surface area contributed by atoms with Crippen molar-refractivity contribution in [2.75, 3.05) is 5.32 Å². The van der Waals surface area contributed by atoms with Gasteiger partial charge in [0.1, 0.15) is 5.82 Å². The van der Waals surface area contributed by atoms with E-state index in [0.29, 0.717) is 11.3 Å². The van der Waals surface area contributed by atoms with E-state index in [1.54, 1.807) is 43.3 Å². The van der Waals surface area contributed by atoms with E-state index in [1.807, 2.05) is 0 Å². The van der Waals surface area contributed by atoms with Gasteiger partial charge in [0, 0.05) is 10.2 Å². The van der Waals surface area contributed by atoms with Crippen LogP contribution in [-0.2, 0) is 4.79 Å². The third-order valence-electron chi connectivity index (χ3n) is 3.43. The van der Waals surface area contributed by atoms with Crippen LogP contribution in [-0.4, -0.2) is 11.9 Å². The Kier molecular flexibility index (Phi) is 5.92. The molecule has 0 aliphatic carbocycles. The highest BCUT2D eigenvalue weighted by Crippen LogP contribution is 2.21. The monoisotopic (exact) mass is 393 g/mol. The number of anilines is 1. The van der Waals surface area contributed by atoms with Gasteiger partial charge in [0.25, 0.3) is 0 Å². The molecular formula is C17H17BrFN3O2. The van der Waals surface area contributed by atoms with Gasteiger partial charge < -0.3 is 16.4 Å². The van der Waals surface area contributed by atoms with Crippen molar-refractivity contribution in [3.05, 3.63) is 63.9 Å². The average Bonchev–Trinajstić information content (AvgIpc) is 2.50. The molecule has 0 heterocycles. The first-order valence-electron chi connectivity index (χ1n) is 7.22. The number of amides is 3. The van der Waals surface area contributed by atoms with Crippen molar-refractivity contribution < 1.29 is 14.0 Å². The molecule has 2 rings (SSSR count). The van der Waals surface area contributed by atoms with E-state index in [9.17, 15) is 14.0 Å². The van der Waals surface area contributed by atoms with Crippen LogP contribution in [0.3, 0.4) is 0 Å². The van der Waals surface area contributed by atoms with Gasteiger partial charge in [0.2, 0.25) is 5.91 Å². The van der Waals surface area contributed by atoms with E-state index in [4.69, 9.17) is 5.73 Å². The molecule has 0 spiro atoms. The molecule has 4 N–H and O–H groups in total. The molecule has 0 saturated carbocycles. The van der Waals surface area contributed by atoms with Crippen molar-refractivity contribution in [1.82, 2.24) is 5.32 Å². The molecular weight excluding hydrogens is 377 g/mol. The fourth-order valence-corrected chi connectivity index (χ4v) is 2.45. The zero-order chi connectivity index (χ0) is 17.7. The highest BCUT2D eigenvalue weighted by Gasteiger charge is 2.18. The van der Waals surface area contributed by atoms with E-state index in [1.165, 1.54) is 6.07 Å². The Bertz CT molecular complexity index is 750. The van der Waals surface area contributed by atoms with Crippen LogP contribution < -0.4 is 16.4 Å². The average molecular weight is 394 g/mol. The lowest BCUT2D eigenvalue weighted by Gasteiger charge is -2.18. The maximum Gasteiger partial charge on any atom is 0.312 e. The number of primary amides is 1. The minimum absolute atomic E-state index is 0.0277. The Hall–Kier alpha value is -2.41. The van der Waals surface area contributed by atoms with Crippen LogP contribution in [0.25, 0.3) is 0 Å². The highest BCUT2D eigenvalue weighted by atomic mass is 79.9. The van der Waals surface area contributed by atoms with E-state index < -0.39 is 17.9 Å². The summed E-state index contributed by atoms with van der Waals surface area (Å²) in [6, 6.07) is 10.3. The summed E-state index contributed by atoms with van der Waals surface area (Å²) in [5.41, 5.74) is 6.78. The van der Waals surface area contributed by atoms with Crippen molar-refractivity contribution in [2.24, 2.45) is 5.73 Å². The Labute approximate surface area is 147 Å². The molecule has 3 amide bonds. The molecule has 1 atom stereocenters. The number of nitrogens with one attached hydrogen (secondary N) is 2. The molecule has 2 aromatic rings. The van der Waals surface area contributed by atoms with Gasteiger partial charge in [0.05, 0.1) is 12.5 Å². The van der Waals surface area contributed by atoms with Crippen molar-refractivity contribution in [2.45, 2.75) is 19.4 Å². The highest BCUT2D eigenvalue weighted by molar-refractivity contribution is 9.10. The number of urea groups is 1. The summed E-state index contributed by atoms with van der Waals surface area (Å²) < 4.78 is 14.4. The second-order valence-electron chi connectivity index (χ2n) is 5.33. The van der Waals surface area contributed by atoms with Gasteiger partial charge in [-0.1, -0.05) is 34.1 Å². The molecule has 0 bridgehead atoms. The van der Waals surface area contributed by atoms with E-state index in [-0.39, 0.29) is 12.3 Å². The van der Waals surface area contributed by atoms with Crippen molar-refractivity contribution in [1.29, 1.82) is 0 Å². The molecule has 0 aliphatic heterocycles. The Morgan fingerprint density at radius 3 is 2.46 bits per heavy atom. The first-order valence-corrected chi connectivity index (χ1v) is 8.02. The van der Waals surface area contributed by atoms with Crippen LogP contribution in [0.2, 0.25) is 0 Å². The molecule has 5 nitrogen and oxygen atoms in total. The molecule has 0 radical (unpaired) electrons. The summed E-state index contributed by atoms with van der Waals surface area (Å²) >= 11 is 3.33. The third-order valence-corrected chi connectivity index (χ3v) is 3.96. The van der Waals surface area contributed by atoms with E-state index >= 15 is 0 Å². The van der Waals surface area contributed by atoms with Gasteiger partial charge in [-0.3, -0.25) is 4.79 Å². The second-order valence-corrected chi connectivity index (χ2v) is 6.24. The summed E-state index contributed by atoms with van der Waals surface area (Å²) in [5.74, 6) is -0.757.